The largest absolute Gasteiger partial charge is 0.333 e. The van der Waals surface area contributed by atoms with Crippen LogP contribution in [0.4, 0.5) is 0 Å². The number of fused-ring (bicyclic) bond motifs is 1. The maximum atomic E-state index is 13.7. The minimum Gasteiger partial charge on any atom is -0.333 e. The predicted molar refractivity (Wildman–Crippen MR) is 131 cm³/mol. The fourth-order valence-electron chi connectivity index (χ4n) is 4.09. The topological polar surface area (TPSA) is 55.2 Å². The molecule has 0 radical (unpaired) electrons. The molecule has 1 amide bonds. The number of nitrogens with zero attached hydrogens (tertiary/aromatic N) is 3. The molecule has 1 aromatic heterocycles. The van der Waals surface area contributed by atoms with E-state index in [0.717, 1.165) is 23.2 Å². The van der Waals surface area contributed by atoms with E-state index in [-0.39, 0.29) is 22.9 Å². The molecule has 1 atom stereocenters. The van der Waals surface area contributed by atoms with Gasteiger partial charge in [-0.1, -0.05) is 52.0 Å². The molecule has 0 saturated heterocycles. The molecule has 0 aliphatic heterocycles. The zero-order valence-corrected chi connectivity index (χ0v) is 20.4. The molecule has 3 aromatic rings. The molecule has 1 unspecified atom stereocenters. The van der Waals surface area contributed by atoms with E-state index in [9.17, 15) is 9.59 Å². The maximum absolute atomic E-state index is 13.7. The molecule has 2 aromatic carbocycles. The van der Waals surface area contributed by atoms with Crippen LogP contribution < -0.4 is 5.56 Å². The minimum absolute atomic E-state index is 0.0850. The third-order valence-corrected chi connectivity index (χ3v) is 5.71. The second-order valence-corrected chi connectivity index (χ2v) is 9.92. The van der Waals surface area contributed by atoms with Crippen LogP contribution in [0.15, 0.2) is 47.3 Å². The van der Waals surface area contributed by atoms with Crippen molar-refractivity contribution in [3.8, 4) is 5.69 Å². The van der Waals surface area contributed by atoms with Crippen LogP contribution in [0.25, 0.3) is 16.6 Å². The summed E-state index contributed by atoms with van der Waals surface area (Å²) in [5.74, 6) is 0.680. The Labute approximate surface area is 191 Å². The highest BCUT2D eigenvalue weighted by molar-refractivity contribution is 5.79. The van der Waals surface area contributed by atoms with E-state index < -0.39 is 0 Å². The van der Waals surface area contributed by atoms with E-state index >= 15 is 0 Å². The van der Waals surface area contributed by atoms with Crippen molar-refractivity contribution < 1.29 is 4.79 Å². The van der Waals surface area contributed by atoms with Crippen molar-refractivity contribution in [2.24, 2.45) is 5.41 Å². The van der Waals surface area contributed by atoms with Crippen LogP contribution in [0.3, 0.4) is 0 Å². The van der Waals surface area contributed by atoms with Crippen molar-refractivity contribution in [1.82, 2.24) is 14.5 Å². The highest BCUT2D eigenvalue weighted by atomic mass is 16.2. The second kappa shape index (κ2) is 9.27. The summed E-state index contributed by atoms with van der Waals surface area (Å²) in [6, 6.07) is 13.2. The summed E-state index contributed by atoms with van der Waals surface area (Å²) in [5.41, 5.74) is 3.30. The van der Waals surface area contributed by atoms with Gasteiger partial charge in [0, 0.05) is 13.0 Å². The van der Waals surface area contributed by atoms with Crippen LogP contribution in [0, 0.1) is 19.3 Å². The Bertz CT molecular complexity index is 1190. The molecule has 3 rings (SSSR count). The summed E-state index contributed by atoms with van der Waals surface area (Å²) in [4.78, 5) is 33.8. The molecule has 0 bridgehead atoms. The van der Waals surface area contributed by atoms with Gasteiger partial charge in [-0.2, -0.15) is 0 Å². The van der Waals surface area contributed by atoms with E-state index in [2.05, 4.69) is 27.7 Å². The SMILES string of the molecule is CCCN(C(=O)CC(C)(C)C)C(C)c1nc2ccccc2c(=O)n1-c1cc(C)ccc1C. The molecule has 5 nitrogen and oxygen atoms in total. The Hall–Kier alpha value is -2.95. The number of carbonyl (C=O) groups excluding carboxylic acids is 1. The van der Waals surface area contributed by atoms with Gasteiger partial charge >= 0.3 is 0 Å². The molecule has 0 spiro atoms. The van der Waals surface area contributed by atoms with E-state index in [1.165, 1.54) is 0 Å². The van der Waals surface area contributed by atoms with Gasteiger partial charge < -0.3 is 4.90 Å². The molecular weight excluding hydrogens is 398 g/mol. The highest BCUT2D eigenvalue weighted by Gasteiger charge is 2.29. The van der Waals surface area contributed by atoms with Gasteiger partial charge in [-0.3, -0.25) is 14.2 Å². The quantitative estimate of drug-likeness (QED) is 0.498. The summed E-state index contributed by atoms with van der Waals surface area (Å²) in [5, 5.41) is 0.576. The second-order valence-electron chi connectivity index (χ2n) is 9.92. The first kappa shape index (κ1) is 23.7. The van der Waals surface area contributed by atoms with Crippen molar-refractivity contribution in [2.45, 2.75) is 67.3 Å². The number of rotatable bonds is 6. The predicted octanol–water partition coefficient (Wildman–Crippen LogP) is 5.74. The summed E-state index contributed by atoms with van der Waals surface area (Å²) in [7, 11) is 0. The lowest BCUT2D eigenvalue weighted by Crippen LogP contribution is -2.39. The van der Waals surface area contributed by atoms with Crippen LogP contribution in [-0.4, -0.2) is 26.9 Å². The third-order valence-electron chi connectivity index (χ3n) is 5.71. The van der Waals surface area contributed by atoms with Crippen molar-refractivity contribution in [2.75, 3.05) is 6.54 Å². The first-order valence-electron chi connectivity index (χ1n) is 11.4. The van der Waals surface area contributed by atoms with Gasteiger partial charge in [0.1, 0.15) is 5.82 Å². The number of aromatic nitrogens is 2. The smallest absolute Gasteiger partial charge is 0.266 e. The van der Waals surface area contributed by atoms with Crippen LogP contribution >= 0.6 is 0 Å². The molecule has 32 heavy (non-hydrogen) atoms. The number of para-hydroxylation sites is 1. The van der Waals surface area contributed by atoms with Gasteiger partial charge in [0.15, 0.2) is 0 Å². The zero-order chi connectivity index (χ0) is 23.6. The van der Waals surface area contributed by atoms with Gasteiger partial charge in [0.05, 0.1) is 22.6 Å². The normalized spacial score (nSPS) is 12.7. The molecule has 0 N–H and O–H groups in total. The fraction of sp³-hybridized carbons (Fsp3) is 0.444. The minimum atomic E-state index is -0.345. The molecule has 0 aliphatic rings. The monoisotopic (exact) mass is 433 g/mol. The first-order chi connectivity index (χ1) is 15.0. The lowest BCUT2D eigenvalue weighted by atomic mass is 9.91. The lowest BCUT2D eigenvalue weighted by Gasteiger charge is -2.32. The zero-order valence-electron chi connectivity index (χ0n) is 20.4. The van der Waals surface area contributed by atoms with Gasteiger partial charge in [-0.25, -0.2) is 4.98 Å². The van der Waals surface area contributed by atoms with E-state index in [1.807, 2.05) is 68.1 Å². The maximum Gasteiger partial charge on any atom is 0.266 e. The Kier molecular flexibility index (Phi) is 6.87. The molecule has 1 heterocycles. The summed E-state index contributed by atoms with van der Waals surface area (Å²) in [6.45, 7) is 14.9. The van der Waals surface area contributed by atoms with Crippen LogP contribution in [0.2, 0.25) is 0 Å². The fourth-order valence-corrected chi connectivity index (χ4v) is 4.09. The number of benzene rings is 2. The molecule has 0 aliphatic carbocycles. The van der Waals surface area contributed by atoms with E-state index in [1.54, 1.807) is 4.57 Å². The van der Waals surface area contributed by atoms with Crippen molar-refractivity contribution in [3.63, 3.8) is 0 Å². The van der Waals surface area contributed by atoms with Gasteiger partial charge in [-0.15, -0.1) is 0 Å². The Balaban J connectivity index is 2.27. The molecular formula is C27H35N3O2. The van der Waals surface area contributed by atoms with Crippen molar-refractivity contribution >= 4 is 16.8 Å². The average molecular weight is 434 g/mol. The standard InChI is InChI=1S/C27H35N3O2/c1-8-15-29(24(31)17-27(5,6)7)20(4)25-28-22-12-10-9-11-21(22)26(32)30(25)23-16-18(2)13-14-19(23)3/h9-14,16,20H,8,15,17H2,1-7H3. The summed E-state index contributed by atoms with van der Waals surface area (Å²) < 4.78 is 1.71. The molecule has 170 valence electrons. The van der Waals surface area contributed by atoms with Crippen LogP contribution in [0.5, 0.6) is 0 Å². The Morgan fingerprint density at radius 3 is 2.47 bits per heavy atom. The van der Waals surface area contributed by atoms with Crippen molar-refractivity contribution in [3.05, 3.63) is 69.8 Å². The molecule has 0 fully saturated rings. The number of hydrogen-bond donors (Lipinski definition) is 0. The van der Waals surface area contributed by atoms with Crippen LogP contribution in [0.1, 0.15) is 70.5 Å². The lowest BCUT2D eigenvalue weighted by molar-refractivity contribution is -0.135. The Morgan fingerprint density at radius 1 is 1.12 bits per heavy atom. The number of aryl methyl sites for hydroxylation is 2. The third kappa shape index (κ3) is 4.93. The van der Waals surface area contributed by atoms with Gasteiger partial charge in [0.2, 0.25) is 5.91 Å². The van der Waals surface area contributed by atoms with E-state index in [4.69, 9.17) is 4.98 Å². The first-order valence-corrected chi connectivity index (χ1v) is 11.4. The van der Waals surface area contributed by atoms with Crippen molar-refractivity contribution in [1.29, 1.82) is 0 Å². The van der Waals surface area contributed by atoms with Gasteiger partial charge in [-0.05, 0) is 61.9 Å². The Morgan fingerprint density at radius 2 is 1.81 bits per heavy atom. The van der Waals surface area contributed by atoms with Crippen LogP contribution in [-0.2, 0) is 4.79 Å². The highest BCUT2D eigenvalue weighted by Crippen LogP contribution is 2.28. The summed E-state index contributed by atoms with van der Waals surface area (Å²) in [6.07, 6.45) is 1.28. The molecule has 0 saturated carbocycles. The number of carbonyl (C=O) groups is 1. The number of amides is 1. The summed E-state index contributed by atoms with van der Waals surface area (Å²) >= 11 is 0. The average Bonchev–Trinajstić information content (AvgIpc) is 2.72. The number of hydrogen-bond acceptors (Lipinski definition) is 3. The molecule has 5 heteroatoms. The van der Waals surface area contributed by atoms with Gasteiger partial charge in [0.25, 0.3) is 5.56 Å². The van der Waals surface area contributed by atoms with E-state index in [0.29, 0.717) is 29.7 Å².